The molecule has 146 valence electrons. The minimum absolute atomic E-state index is 0.171. The molecule has 0 aliphatic carbocycles. The highest BCUT2D eigenvalue weighted by Crippen LogP contribution is 2.39. The second-order valence-electron chi connectivity index (χ2n) is 5.48. The van der Waals surface area contributed by atoms with E-state index in [9.17, 15) is 4.79 Å². The standard InChI is InChI=1S/C19H23ClN2O5/c1-24-15-6-5-12(20)9-14(15)22-18(23)7-8-21-13-10-16(25-2)19(27-4)17(11-13)26-3/h5-6,9-11,21H,7-8H2,1-4H3,(H,22,23). The van der Waals surface area contributed by atoms with Gasteiger partial charge in [0, 0.05) is 35.8 Å². The molecule has 27 heavy (non-hydrogen) atoms. The highest BCUT2D eigenvalue weighted by molar-refractivity contribution is 6.31. The van der Waals surface area contributed by atoms with Crippen molar-refractivity contribution in [2.75, 3.05) is 45.6 Å². The number of hydrogen-bond acceptors (Lipinski definition) is 6. The fourth-order valence-corrected chi connectivity index (χ4v) is 2.67. The van der Waals surface area contributed by atoms with E-state index in [1.54, 1.807) is 51.7 Å². The normalized spacial score (nSPS) is 10.1. The summed E-state index contributed by atoms with van der Waals surface area (Å²) < 4.78 is 21.1. The van der Waals surface area contributed by atoms with Gasteiger partial charge in [-0.1, -0.05) is 11.6 Å². The molecule has 0 heterocycles. The summed E-state index contributed by atoms with van der Waals surface area (Å²) in [6.07, 6.45) is 0.242. The number of hydrogen-bond donors (Lipinski definition) is 2. The van der Waals surface area contributed by atoms with Crippen LogP contribution >= 0.6 is 11.6 Å². The third-order valence-corrected chi connectivity index (χ3v) is 4.02. The molecule has 0 bridgehead atoms. The lowest BCUT2D eigenvalue weighted by Gasteiger charge is -2.15. The smallest absolute Gasteiger partial charge is 0.226 e. The van der Waals surface area contributed by atoms with E-state index in [1.807, 2.05) is 0 Å². The molecule has 0 fully saturated rings. The van der Waals surface area contributed by atoms with Crippen molar-refractivity contribution < 1.29 is 23.7 Å². The van der Waals surface area contributed by atoms with Gasteiger partial charge in [0.1, 0.15) is 5.75 Å². The van der Waals surface area contributed by atoms with Crippen molar-refractivity contribution in [3.8, 4) is 23.0 Å². The minimum Gasteiger partial charge on any atom is -0.495 e. The summed E-state index contributed by atoms with van der Waals surface area (Å²) in [6.45, 7) is 0.410. The van der Waals surface area contributed by atoms with E-state index in [2.05, 4.69) is 10.6 Å². The lowest BCUT2D eigenvalue weighted by atomic mass is 10.2. The molecule has 2 aromatic rings. The monoisotopic (exact) mass is 394 g/mol. The van der Waals surface area contributed by atoms with E-state index in [0.717, 1.165) is 5.69 Å². The molecule has 2 aromatic carbocycles. The molecule has 0 spiro atoms. The van der Waals surface area contributed by atoms with Crippen LogP contribution in [0.5, 0.6) is 23.0 Å². The summed E-state index contributed by atoms with van der Waals surface area (Å²) >= 11 is 5.97. The number of ether oxygens (including phenoxy) is 4. The van der Waals surface area contributed by atoms with Gasteiger partial charge in [-0.2, -0.15) is 0 Å². The molecular weight excluding hydrogens is 372 g/mol. The van der Waals surface area contributed by atoms with Gasteiger partial charge in [0.2, 0.25) is 11.7 Å². The first-order chi connectivity index (χ1) is 13.0. The van der Waals surface area contributed by atoms with Crippen LogP contribution in [0.4, 0.5) is 11.4 Å². The molecule has 0 saturated carbocycles. The molecule has 0 aromatic heterocycles. The summed E-state index contributed by atoms with van der Waals surface area (Å²) in [5.41, 5.74) is 1.28. The summed E-state index contributed by atoms with van der Waals surface area (Å²) in [5, 5.41) is 6.48. The van der Waals surface area contributed by atoms with Crippen LogP contribution < -0.4 is 29.6 Å². The average molecular weight is 395 g/mol. The summed E-state index contributed by atoms with van der Waals surface area (Å²) in [7, 11) is 6.17. The molecule has 8 heteroatoms. The van der Waals surface area contributed by atoms with E-state index >= 15 is 0 Å². The number of benzene rings is 2. The van der Waals surface area contributed by atoms with Crippen LogP contribution in [0.3, 0.4) is 0 Å². The number of rotatable bonds is 9. The van der Waals surface area contributed by atoms with Crippen molar-refractivity contribution in [3.63, 3.8) is 0 Å². The maximum atomic E-state index is 12.2. The maximum absolute atomic E-state index is 12.2. The molecule has 7 nitrogen and oxygen atoms in total. The van der Waals surface area contributed by atoms with Gasteiger partial charge in [0.05, 0.1) is 34.1 Å². The Balaban J connectivity index is 1.98. The van der Waals surface area contributed by atoms with Gasteiger partial charge in [0.25, 0.3) is 0 Å². The predicted octanol–water partition coefficient (Wildman–Crippen LogP) is 3.82. The first-order valence-electron chi connectivity index (χ1n) is 8.19. The largest absolute Gasteiger partial charge is 0.495 e. The Kier molecular flexibility index (Phi) is 7.43. The number of halogens is 1. The fourth-order valence-electron chi connectivity index (χ4n) is 2.49. The van der Waals surface area contributed by atoms with Crippen molar-refractivity contribution in [1.29, 1.82) is 0 Å². The lowest BCUT2D eigenvalue weighted by Crippen LogP contribution is -2.16. The van der Waals surface area contributed by atoms with Crippen LogP contribution in [0.2, 0.25) is 5.02 Å². The third-order valence-electron chi connectivity index (χ3n) is 3.78. The van der Waals surface area contributed by atoms with E-state index in [4.69, 9.17) is 30.5 Å². The topological polar surface area (TPSA) is 78.1 Å². The van der Waals surface area contributed by atoms with Crippen LogP contribution in [-0.4, -0.2) is 40.9 Å². The van der Waals surface area contributed by atoms with Gasteiger partial charge in [-0.05, 0) is 18.2 Å². The Labute approximate surface area is 163 Å². The van der Waals surface area contributed by atoms with Crippen molar-refractivity contribution >= 4 is 28.9 Å². The molecule has 0 unspecified atom stereocenters. The Hall–Kier alpha value is -2.80. The number of carbonyl (C=O) groups is 1. The molecule has 2 rings (SSSR count). The molecule has 0 saturated heterocycles. The van der Waals surface area contributed by atoms with Crippen LogP contribution in [-0.2, 0) is 4.79 Å². The van der Waals surface area contributed by atoms with E-state index in [1.165, 1.54) is 7.11 Å². The molecular formula is C19H23ClN2O5. The summed E-state index contributed by atoms with van der Waals surface area (Å²) in [5.74, 6) is 1.96. The van der Waals surface area contributed by atoms with Gasteiger partial charge in [-0.25, -0.2) is 0 Å². The zero-order chi connectivity index (χ0) is 19.8. The molecule has 2 N–H and O–H groups in total. The molecule has 0 aliphatic heterocycles. The molecule has 1 amide bonds. The first kappa shape index (κ1) is 20.5. The first-order valence-corrected chi connectivity index (χ1v) is 8.57. The summed E-state index contributed by atoms with van der Waals surface area (Å²) in [6, 6.07) is 8.59. The Morgan fingerprint density at radius 2 is 1.56 bits per heavy atom. The fraction of sp³-hybridized carbons (Fsp3) is 0.316. The van der Waals surface area contributed by atoms with Crippen molar-refractivity contribution in [2.45, 2.75) is 6.42 Å². The zero-order valence-corrected chi connectivity index (χ0v) is 16.5. The minimum atomic E-state index is -0.171. The third kappa shape index (κ3) is 5.34. The average Bonchev–Trinajstić information content (AvgIpc) is 2.67. The van der Waals surface area contributed by atoms with Gasteiger partial charge in [-0.15, -0.1) is 0 Å². The Morgan fingerprint density at radius 3 is 2.11 bits per heavy atom. The van der Waals surface area contributed by atoms with Gasteiger partial charge < -0.3 is 29.6 Å². The zero-order valence-electron chi connectivity index (χ0n) is 15.7. The van der Waals surface area contributed by atoms with Crippen molar-refractivity contribution in [3.05, 3.63) is 35.4 Å². The van der Waals surface area contributed by atoms with Gasteiger partial charge in [-0.3, -0.25) is 4.79 Å². The van der Waals surface area contributed by atoms with Crippen LogP contribution in [0, 0.1) is 0 Å². The SMILES string of the molecule is COc1ccc(Cl)cc1NC(=O)CCNc1cc(OC)c(OC)c(OC)c1. The van der Waals surface area contributed by atoms with Gasteiger partial charge in [0.15, 0.2) is 11.5 Å². The second-order valence-corrected chi connectivity index (χ2v) is 5.92. The van der Waals surface area contributed by atoms with Crippen LogP contribution in [0.1, 0.15) is 6.42 Å². The molecule has 0 atom stereocenters. The summed E-state index contributed by atoms with van der Waals surface area (Å²) in [4.78, 5) is 12.2. The highest BCUT2D eigenvalue weighted by atomic mass is 35.5. The lowest BCUT2D eigenvalue weighted by molar-refractivity contribution is -0.116. The van der Waals surface area contributed by atoms with E-state index in [-0.39, 0.29) is 12.3 Å². The second kappa shape index (κ2) is 9.78. The Morgan fingerprint density at radius 1 is 0.926 bits per heavy atom. The molecule has 0 radical (unpaired) electrons. The van der Waals surface area contributed by atoms with Crippen molar-refractivity contribution in [1.82, 2.24) is 0 Å². The highest BCUT2D eigenvalue weighted by Gasteiger charge is 2.13. The van der Waals surface area contributed by atoms with Crippen LogP contribution in [0.25, 0.3) is 0 Å². The maximum Gasteiger partial charge on any atom is 0.226 e. The quantitative estimate of drug-likeness (QED) is 0.673. The van der Waals surface area contributed by atoms with Crippen molar-refractivity contribution in [2.24, 2.45) is 0 Å². The molecule has 0 aliphatic rings. The number of amides is 1. The van der Waals surface area contributed by atoms with Crippen LogP contribution in [0.15, 0.2) is 30.3 Å². The van der Waals surface area contributed by atoms with E-state index in [0.29, 0.717) is 40.3 Å². The number of anilines is 2. The number of nitrogens with one attached hydrogen (secondary N) is 2. The predicted molar refractivity (Wildman–Crippen MR) is 106 cm³/mol. The van der Waals surface area contributed by atoms with E-state index < -0.39 is 0 Å². The number of carbonyl (C=O) groups excluding carboxylic acids is 1. The number of methoxy groups -OCH3 is 4. The van der Waals surface area contributed by atoms with Gasteiger partial charge >= 0.3 is 0 Å². The Bertz CT molecular complexity index is 773.